The van der Waals surface area contributed by atoms with Gasteiger partial charge in [0.1, 0.15) is 5.75 Å². The van der Waals surface area contributed by atoms with Gasteiger partial charge in [-0.1, -0.05) is 24.3 Å². The van der Waals surface area contributed by atoms with Crippen LogP contribution in [0.15, 0.2) is 53.7 Å². The summed E-state index contributed by atoms with van der Waals surface area (Å²) in [4.78, 5) is 7.64. The smallest absolute Gasteiger partial charge is 0.191 e. The molecule has 0 saturated carbocycles. The molecule has 0 aliphatic rings. The van der Waals surface area contributed by atoms with E-state index in [-0.39, 0.29) is 0 Å². The molecule has 0 fully saturated rings. The van der Waals surface area contributed by atoms with Crippen LogP contribution in [0.2, 0.25) is 0 Å². The first-order valence-corrected chi connectivity index (χ1v) is 8.83. The molecule has 1 heterocycles. The lowest BCUT2D eigenvalue weighted by Gasteiger charge is -2.12. The Bertz CT molecular complexity index is 881. The van der Waals surface area contributed by atoms with Gasteiger partial charge in [0.15, 0.2) is 5.96 Å². The normalized spacial score (nSPS) is 11.6. The number of H-pyrrole nitrogens is 1. The van der Waals surface area contributed by atoms with Crippen LogP contribution in [-0.2, 0) is 13.0 Å². The number of aromatic nitrogens is 1. The molecule has 5 heteroatoms. The standard InChI is InChI=1S/C21H26N4O/c1-15-4-9-19-17(14-24-20(19)12-15)10-11-23-21(22-2)25-13-16-5-7-18(26-3)8-6-16/h4-9,12,14,24H,10-11,13H2,1-3H3,(H2,22,23,25). The van der Waals surface area contributed by atoms with Gasteiger partial charge >= 0.3 is 0 Å². The fourth-order valence-electron chi connectivity index (χ4n) is 2.97. The lowest BCUT2D eigenvalue weighted by atomic mass is 10.1. The molecule has 1 aromatic heterocycles. The molecule has 0 unspecified atom stereocenters. The average Bonchev–Trinajstić information content (AvgIpc) is 3.07. The van der Waals surface area contributed by atoms with Crippen molar-refractivity contribution in [3.63, 3.8) is 0 Å². The molecular weight excluding hydrogens is 324 g/mol. The van der Waals surface area contributed by atoms with E-state index in [1.165, 1.54) is 27.6 Å². The van der Waals surface area contributed by atoms with Gasteiger partial charge in [-0.25, -0.2) is 0 Å². The zero-order valence-electron chi connectivity index (χ0n) is 15.6. The van der Waals surface area contributed by atoms with Crippen LogP contribution in [0.5, 0.6) is 5.75 Å². The number of ether oxygens (including phenoxy) is 1. The summed E-state index contributed by atoms with van der Waals surface area (Å²) in [5, 5.41) is 8.01. The maximum atomic E-state index is 5.18. The molecule has 0 radical (unpaired) electrons. The maximum absolute atomic E-state index is 5.18. The van der Waals surface area contributed by atoms with Gasteiger partial charge in [-0.3, -0.25) is 4.99 Å². The summed E-state index contributed by atoms with van der Waals surface area (Å²) in [5.74, 6) is 1.67. The lowest BCUT2D eigenvalue weighted by Crippen LogP contribution is -2.37. The molecule has 0 aliphatic carbocycles. The van der Waals surface area contributed by atoms with Gasteiger partial charge in [0.05, 0.1) is 7.11 Å². The quantitative estimate of drug-likeness (QED) is 0.472. The van der Waals surface area contributed by atoms with E-state index < -0.39 is 0 Å². The Balaban J connectivity index is 1.50. The molecule has 3 N–H and O–H groups in total. The second kappa shape index (κ2) is 8.43. The molecule has 0 atom stereocenters. The van der Waals surface area contributed by atoms with E-state index in [4.69, 9.17) is 4.74 Å². The van der Waals surface area contributed by atoms with Crippen LogP contribution < -0.4 is 15.4 Å². The van der Waals surface area contributed by atoms with Crippen molar-refractivity contribution in [1.29, 1.82) is 0 Å². The van der Waals surface area contributed by atoms with Crippen molar-refractivity contribution >= 4 is 16.9 Å². The summed E-state index contributed by atoms with van der Waals surface area (Å²) in [5.41, 5.74) is 4.97. The fraction of sp³-hybridized carbons (Fsp3) is 0.286. The van der Waals surface area contributed by atoms with Crippen LogP contribution in [0.1, 0.15) is 16.7 Å². The van der Waals surface area contributed by atoms with Gasteiger partial charge in [-0.2, -0.15) is 0 Å². The van der Waals surface area contributed by atoms with Crippen molar-refractivity contribution in [1.82, 2.24) is 15.6 Å². The molecule has 0 amide bonds. The van der Waals surface area contributed by atoms with Crippen molar-refractivity contribution in [3.05, 3.63) is 65.4 Å². The highest BCUT2D eigenvalue weighted by molar-refractivity contribution is 5.84. The summed E-state index contributed by atoms with van der Waals surface area (Å²) in [6.07, 6.45) is 3.03. The number of hydrogen-bond donors (Lipinski definition) is 3. The molecule has 0 aliphatic heterocycles. The molecule has 26 heavy (non-hydrogen) atoms. The average molecular weight is 350 g/mol. The maximum Gasteiger partial charge on any atom is 0.191 e. The first-order valence-electron chi connectivity index (χ1n) is 8.83. The zero-order chi connectivity index (χ0) is 18.4. The number of aromatic amines is 1. The Labute approximate surface area is 154 Å². The second-order valence-corrected chi connectivity index (χ2v) is 6.31. The van der Waals surface area contributed by atoms with Gasteiger partial charge in [0.2, 0.25) is 0 Å². The summed E-state index contributed by atoms with van der Waals surface area (Å²) in [6.45, 7) is 3.65. The fourth-order valence-corrected chi connectivity index (χ4v) is 2.97. The Morgan fingerprint density at radius 2 is 1.92 bits per heavy atom. The molecule has 0 bridgehead atoms. The number of rotatable bonds is 6. The number of fused-ring (bicyclic) bond motifs is 1. The number of benzene rings is 2. The number of hydrogen-bond acceptors (Lipinski definition) is 2. The van der Waals surface area contributed by atoms with Crippen molar-refractivity contribution in [2.75, 3.05) is 20.7 Å². The van der Waals surface area contributed by atoms with Crippen LogP contribution in [0.3, 0.4) is 0 Å². The van der Waals surface area contributed by atoms with Crippen molar-refractivity contribution in [2.45, 2.75) is 19.9 Å². The summed E-state index contributed by atoms with van der Waals surface area (Å²) in [7, 11) is 3.46. The van der Waals surface area contributed by atoms with Crippen molar-refractivity contribution in [3.8, 4) is 5.75 Å². The first kappa shape index (κ1) is 17.9. The van der Waals surface area contributed by atoms with E-state index in [0.717, 1.165) is 31.2 Å². The summed E-state index contributed by atoms with van der Waals surface area (Å²) in [6, 6.07) is 14.6. The monoisotopic (exact) mass is 350 g/mol. The van der Waals surface area contributed by atoms with Gasteiger partial charge < -0.3 is 20.4 Å². The number of aryl methyl sites for hydroxylation is 1. The van der Waals surface area contributed by atoms with Gasteiger partial charge in [-0.05, 0) is 48.2 Å². The van der Waals surface area contributed by atoms with E-state index in [1.807, 2.05) is 24.3 Å². The van der Waals surface area contributed by atoms with E-state index in [9.17, 15) is 0 Å². The van der Waals surface area contributed by atoms with Crippen LogP contribution in [0.25, 0.3) is 10.9 Å². The van der Waals surface area contributed by atoms with Crippen LogP contribution in [0, 0.1) is 6.92 Å². The SMILES string of the molecule is CN=C(NCCc1c[nH]c2cc(C)ccc12)NCc1ccc(OC)cc1. The van der Waals surface area contributed by atoms with Crippen molar-refractivity contribution in [2.24, 2.45) is 4.99 Å². The predicted octanol–water partition coefficient (Wildman–Crippen LogP) is 3.39. The number of guanidine groups is 1. The number of aliphatic imine (C=N–C) groups is 1. The van der Waals surface area contributed by atoms with Crippen LogP contribution >= 0.6 is 0 Å². The molecule has 0 spiro atoms. The Morgan fingerprint density at radius 3 is 2.65 bits per heavy atom. The van der Waals surface area contributed by atoms with Crippen LogP contribution in [0.4, 0.5) is 0 Å². The highest BCUT2D eigenvalue weighted by Crippen LogP contribution is 2.19. The van der Waals surface area contributed by atoms with Crippen LogP contribution in [-0.4, -0.2) is 31.6 Å². The number of nitrogens with one attached hydrogen (secondary N) is 3. The molecule has 5 nitrogen and oxygen atoms in total. The third-order valence-corrected chi connectivity index (χ3v) is 4.45. The third kappa shape index (κ3) is 4.36. The summed E-state index contributed by atoms with van der Waals surface area (Å²) >= 11 is 0. The number of methoxy groups -OCH3 is 1. The number of nitrogens with zero attached hydrogens (tertiary/aromatic N) is 1. The topological polar surface area (TPSA) is 61.4 Å². The molecular formula is C21H26N4O. The molecule has 0 saturated heterocycles. The zero-order valence-corrected chi connectivity index (χ0v) is 15.6. The largest absolute Gasteiger partial charge is 0.497 e. The second-order valence-electron chi connectivity index (χ2n) is 6.31. The highest BCUT2D eigenvalue weighted by atomic mass is 16.5. The molecule has 2 aromatic carbocycles. The van der Waals surface area contributed by atoms with E-state index in [2.05, 4.69) is 51.9 Å². The Morgan fingerprint density at radius 1 is 1.12 bits per heavy atom. The van der Waals surface area contributed by atoms with Crippen molar-refractivity contribution < 1.29 is 4.74 Å². The Hall–Kier alpha value is -2.95. The minimum Gasteiger partial charge on any atom is -0.497 e. The minimum absolute atomic E-state index is 0.718. The molecule has 136 valence electrons. The predicted molar refractivity (Wildman–Crippen MR) is 108 cm³/mol. The first-order chi connectivity index (χ1) is 12.7. The molecule has 3 aromatic rings. The molecule has 3 rings (SSSR count). The van der Waals surface area contributed by atoms with E-state index >= 15 is 0 Å². The van der Waals surface area contributed by atoms with E-state index in [0.29, 0.717) is 0 Å². The van der Waals surface area contributed by atoms with Gasteiger partial charge in [0.25, 0.3) is 0 Å². The van der Waals surface area contributed by atoms with Gasteiger partial charge in [0, 0.05) is 37.2 Å². The third-order valence-electron chi connectivity index (χ3n) is 4.45. The minimum atomic E-state index is 0.718. The highest BCUT2D eigenvalue weighted by Gasteiger charge is 2.04. The lowest BCUT2D eigenvalue weighted by molar-refractivity contribution is 0.414. The van der Waals surface area contributed by atoms with Gasteiger partial charge in [-0.15, -0.1) is 0 Å². The summed E-state index contributed by atoms with van der Waals surface area (Å²) < 4.78 is 5.18. The van der Waals surface area contributed by atoms with E-state index in [1.54, 1.807) is 14.2 Å². The Kier molecular flexibility index (Phi) is 5.79.